The van der Waals surface area contributed by atoms with Crippen LogP contribution in [-0.4, -0.2) is 45.9 Å². The molecule has 2 heterocycles. The van der Waals surface area contributed by atoms with E-state index in [1.54, 1.807) is 23.1 Å². The van der Waals surface area contributed by atoms with E-state index in [1.165, 1.54) is 0 Å². The third-order valence-electron chi connectivity index (χ3n) is 5.83. The van der Waals surface area contributed by atoms with E-state index < -0.39 is 6.04 Å². The largest absolute Gasteiger partial charge is 0.507 e. The molecule has 0 bridgehead atoms. The predicted molar refractivity (Wildman–Crippen MR) is 132 cm³/mol. The lowest BCUT2D eigenvalue weighted by Gasteiger charge is -2.26. The minimum absolute atomic E-state index is 0.128. The monoisotopic (exact) mass is 459 g/mol. The van der Waals surface area contributed by atoms with Crippen molar-refractivity contribution in [2.75, 3.05) is 19.8 Å². The molecule has 1 amide bonds. The van der Waals surface area contributed by atoms with Gasteiger partial charge < -0.3 is 19.5 Å². The molecule has 1 aliphatic heterocycles. The molecule has 0 fully saturated rings. The summed E-state index contributed by atoms with van der Waals surface area (Å²) >= 11 is 0. The van der Waals surface area contributed by atoms with Gasteiger partial charge in [0.1, 0.15) is 23.7 Å². The lowest BCUT2D eigenvalue weighted by atomic mass is 9.93. The maximum atomic E-state index is 13.3. The molecule has 4 rings (SSSR count). The summed E-state index contributed by atoms with van der Waals surface area (Å²) in [5.41, 5.74) is 4.96. The third kappa shape index (κ3) is 3.94. The molecule has 1 aliphatic rings. The molecule has 7 heteroatoms. The first kappa shape index (κ1) is 23.2. The zero-order chi connectivity index (χ0) is 24.4. The first-order valence-electron chi connectivity index (χ1n) is 11.2. The molecule has 2 N–H and O–H groups in total. The molecule has 0 spiro atoms. The Morgan fingerprint density at radius 2 is 1.94 bits per heavy atom. The van der Waals surface area contributed by atoms with Crippen LogP contribution in [0.4, 0.5) is 0 Å². The van der Waals surface area contributed by atoms with Crippen molar-refractivity contribution < 1.29 is 19.4 Å². The van der Waals surface area contributed by atoms with Crippen molar-refractivity contribution in [1.29, 1.82) is 0 Å². The average Bonchev–Trinajstić information content (AvgIpc) is 3.32. The van der Waals surface area contributed by atoms with Gasteiger partial charge in [-0.25, -0.2) is 0 Å². The van der Waals surface area contributed by atoms with Crippen molar-refractivity contribution >= 4 is 5.91 Å². The molecule has 7 nitrogen and oxygen atoms in total. The van der Waals surface area contributed by atoms with E-state index in [9.17, 15) is 9.90 Å². The number of fused-ring (bicyclic) bond motifs is 1. The predicted octanol–water partition coefficient (Wildman–Crippen LogP) is 5.09. The van der Waals surface area contributed by atoms with Crippen LogP contribution < -0.4 is 9.47 Å². The summed E-state index contributed by atoms with van der Waals surface area (Å²) in [4.78, 5) is 15.1. The van der Waals surface area contributed by atoms with Crippen LogP contribution in [0.5, 0.6) is 17.2 Å². The number of phenolic OH excluding ortho intramolecular Hbond substituents is 1. The topological polar surface area (TPSA) is 87.7 Å². The van der Waals surface area contributed by atoms with Gasteiger partial charge in [-0.3, -0.25) is 9.89 Å². The van der Waals surface area contributed by atoms with Crippen LogP contribution in [0.1, 0.15) is 45.7 Å². The molecule has 0 saturated heterocycles. The number of phenols is 1. The van der Waals surface area contributed by atoms with Gasteiger partial charge in [0.05, 0.1) is 12.6 Å². The highest BCUT2D eigenvalue weighted by molar-refractivity contribution is 6.00. The molecule has 1 unspecified atom stereocenters. The highest BCUT2D eigenvalue weighted by Gasteiger charge is 2.42. The van der Waals surface area contributed by atoms with Gasteiger partial charge >= 0.3 is 0 Å². The lowest BCUT2D eigenvalue weighted by molar-refractivity contribution is 0.0764. The summed E-state index contributed by atoms with van der Waals surface area (Å²) < 4.78 is 11.6. The molecule has 1 atom stereocenters. The van der Waals surface area contributed by atoms with Crippen LogP contribution >= 0.6 is 0 Å². The molecule has 0 aliphatic carbocycles. The molecular weight excluding hydrogens is 430 g/mol. The number of aromatic amines is 1. The molecule has 3 aromatic rings. The summed E-state index contributed by atoms with van der Waals surface area (Å²) in [6.45, 7) is 14.5. The SMILES string of the molecule is C=CCOc1ccc(C2c3c(-c4c(C)cc(C)cc4O)n[nH]c3C(=O)N2CC=C)cc1OCC. The van der Waals surface area contributed by atoms with E-state index in [2.05, 4.69) is 23.4 Å². The van der Waals surface area contributed by atoms with E-state index >= 15 is 0 Å². The summed E-state index contributed by atoms with van der Waals surface area (Å²) in [6, 6.07) is 8.90. The van der Waals surface area contributed by atoms with Crippen molar-refractivity contribution in [2.45, 2.75) is 26.8 Å². The van der Waals surface area contributed by atoms with Gasteiger partial charge in [0.15, 0.2) is 11.5 Å². The number of aromatic hydroxyl groups is 1. The zero-order valence-electron chi connectivity index (χ0n) is 19.7. The Hall–Kier alpha value is -4.00. The fraction of sp³-hybridized carbons (Fsp3) is 0.259. The molecule has 2 aromatic carbocycles. The minimum atomic E-state index is -0.443. The Bertz CT molecular complexity index is 1240. The van der Waals surface area contributed by atoms with Gasteiger partial charge in [-0.1, -0.05) is 30.9 Å². The smallest absolute Gasteiger partial charge is 0.273 e. The van der Waals surface area contributed by atoms with Gasteiger partial charge in [-0.15, -0.1) is 6.58 Å². The maximum absolute atomic E-state index is 13.3. The number of nitrogens with zero attached hydrogens (tertiary/aromatic N) is 2. The highest BCUT2D eigenvalue weighted by Crippen LogP contribution is 2.46. The summed E-state index contributed by atoms with van der Waals surface area (Å²) in [5, 5.41) is 18.2. The van der Waals surface area contributed by atoms with Crippen molar-refractivity contribution in [3.63, 3.8) is 0 Å². The molecule has 0 radical (unpaired) electrons. The van der Waals surface area contributed by atoms with E-state index in [1.807, 2.05) is 45.0 Å². The summed E-state index contributed by atoms with van der Waals surface area (Å²) in [7, 11) is 0. The second-order valence-electron chi connectivity index (χ2n) is 8.22. The average molecular weight is 460 g/mol. The van der Waals surface area contributed by atoms with E-state index in [0.717, 1.165) is 22.3 Å². The fourth-order valence-corrected chi connectivity index (χ4v) is 4.55. The molecule has 34 heavy (non-hydrogen) atoms. The van der Waals surface area contributed by atoms with Crippen LogP contribution in [0.3, 0.4) is 0 Å². The zero-order valence-corrected chi connectivity index (χ0v) is 19.7. The second kappa shape index (κ2) is 9.47. The number of aromatic nitrogens is 2. The lowest BCUT2D eigenvalue weighted by Crippen LogP contribution is -2.29. The van der Waals surface area contributed by atoms with E-state index in [-0.39, 0.29) is 11.7 Å². The Balaban J connectivity index is 1.90. The number of amides is 1. The Morgan fingerprint density at radius 3 is 2.62 bits per heavy atom. The van der Waals surface area contributed by atoms with Crippen molar-refractivity contribution in [2.24, 2.45) is 0 Å². The normalized spacial score (nSPS) is 14.7. The van der Waals surface area contributed by atoms with Gasteiger partial charge in [0.2, 0.25) is 0 Å². The van der Waals surface area contributed by atoms with Crippen LogP contribution in [-0.2, 0) is 0 Å². The minimum Gasteiger partial charge on any atom is -0.507 e. The van der Waals surface area contributed by atoms with Gasteiger partial charge in [0, 0.05) is 17.7 Å². The molecule has 1 aromatic heterocycles. The van der Waals surface area contributed by atoms with Crippen LogP contribution in [0.25, 0.3) is 11.3 Å². The third-order valence-corrected chi connectivity index (χ3v) is 5.83. The number of aryl methyl sites for hydroxylation is 2. The number of hydrogen-bond acceptors (Lipinski definition) is 5. The second-order valence-corrected chi connectivity index (χ2v) is 8.22. The van der Waals surface area contributed by atoms with Crippen LogP contribution in [0.15, 0.2) is 55.6 Å². The summed E-state index contributed by atoms with van der Waals surface area (Å²) in [6.07, 6.45) is 3.37. The first-order valence-corrected chi connectivity index (χ1v) is 11.2. The number of carbonyl (C=O) groups excluding carboxylic acids is 1. The Kier molecular flexibility index (Phi) is 6.45. The number of H-pyrrole nitrogens is 1. The number of carbonyl (C=O) groups is 1. The summed E-state index contributed by atoms with van der Waals surface area (Å²) in [5.74, 6) is 1.14. The molecule has 0 saturated carbocycles. The van der Waals surface area contributed by atoms with Gasteiger partial charge in [0.25, 0.3) is 5.91 Å². The number of hydrogen-bond donors (Lipinski definition) is 2. The number of benzene rings is 2. The van der Waals surface area contributed by atoms with Gasteiger partial charge in [-0.05, 0) is 55.7 Å². The fourth-order valence-electron chi connectivity index (χ4n) is 4.55. The van der Waals surface area contributed by atoms with Crippen molar-refractivity contribution in [3.05, 3.63) is 83.6 Å². The van der Waals surface area contributed by atoms with Crippen molar-refractivity contribution in [3.8, 4) is 28.5 Å². The van der Waals surface area contributed by atoms with Crippen molar-refractivity contribution in [1.82, 2.24) is 15.1 Å². The standard InChI is InChI=1S/C27H29N3O4/c1-6-11-30-26(18-9-10-20(34-12-7-2)21(15-18)33-8-3)23-24(28-29-25(23)27(30)32)22-17(5)13-16(4)14-19(22)31/h6-7,9-10,13-15,26,31H,1-2,8,11-12H2,3-5H3,(H,28,29). The molecular formula is C27H29N3O4. The quantitative estimate of drug-likeness (QED) is 0.435. The highest BCUT2D eigenvalue weighted by atomic mass is 16.5. The number of ether oxygens (including phenoxy) is 2. The Morgan fingerprint density at radius 1 is 1.15 bits per heavy atom. The Labute approximate surface area is 199 Å². The number of rotatable bonds is 9. The van der Waals surface area contributed by atoms with Gasteiger partial charge in [-0.2, -0.15) is 5.10 Å². The van der Waals surface area contributed by atoms with Crippen LogP contribution in [0.2, 0.25) is 0 Å². The molecule has 176 valence electrons. The first-order chi connectivity index (χ1) is 16.4. The maximum Gasteiger partial charge on any atom is 0.273 e. The van der Waals surface area contributed by atoms with E-state index in [4.69, 9.17) is 9.47 Å². The van der Waals surface area contributed by atoms with Crippen LogP contribution in [0, 0.1) is 13.8 Å². The van der Waals surface area contributed by atoms with E-state index in [0.29, 0.717) is 48.2 Å². The number of nitrogens with one attached hydrogen (secondary N) is 1.